The van der Waals surface area contributed by atoms with Gasteiger partial charge in [-0.05, 0) is 33.4 Å². The van der Waals surface area contributed by atoms with Gasteiger partial charge in [0.1, 0.15) is 11.2 Å². The fraction of sp³-hybridized carbons (Fsp3) is 0.143. The van der Waals surface area contributed by atoms with Crippen LogP contribution in [-0.2, 0) is 20.7 Å². The van der Waals surface area contributed by atoms with Gasteiger partial charge in [-0.1, -0.05) is 182 Å². The molecule has 0 heterocycles. The quantitative estimate of drug-likeness (QED) is 0.133. The predicted octanol–water partition coefficient (Wildman–Crippen LogP) is 7.66. The lowest BCUT2D eigenvalue weighted by Crippen LogP contribution is -2.51. The van der Waals surface area contributed by atoms with E-state index in [9.17, 15) is 0 Å². The molecule has 0 saturated carbocycles. The fourth-order valence-corrected chi connectivity index (χ4v) is 6.23. The van der Waals surface area contributed by atoms with E-state index in [1.807, 2.05) is 109 Å². The number of nitrogens with two attached hydrogens (primary N) is 2. The summed E-state index contributed by atoms with van der Waals surface area (Å²) in [7, 11) is 0. The van der Waals surface area contributed by atoms with Crippen molar-refractivity contribution in [2.75, 3.05) is 13.2 Å². The van der Waals surface area contributed by atoms with Crippen molar-refractivity contribution in [1.82, 2.24) is 0 Å². The van der Waals surface area contributed by atoms with E-state index in [1.165, 1.54) is 0 Å². The van der Waals surface area contributed by atoms with Crippen LogP contribution in [0.5, 0.6) is 0 Å². The minimum Gasteiger partial charge on any atom is -0.359 e. The summed E-state index contributed by atoms with van der Waals surface area (Å²) in [4.78, 5) is 0. The molecule has 0 aliphatic rings. The Morgan fingerprint density at radius 3 is 0.674 bits per heavy atom. The molecule has 46 heavy (non-hydrogen) atoms. The lowest BCUT2D eigenvalue weighted by Gasteiger charge is -2.39. The van der Waals surface area contributed by atoms with E-state index >= 15 is 0 Å². The molecule has 0 aromatic heterocycles. The highest BCUT2D eigenvalue weighted by Crippen LogP contribution is 2.42. The molecule has 0 amide bonds. The van der Waals surface area contributed by atoms with Crippen molar-refractivity contribution in [2.45, 2.75) is 23.3 Å². The summed E-state index contributed by atoms with van der Waals surface area (Å²) in [5.41, 5.74) is 18.1. The Labute approximate surface area is 272 Å². The highest BCUT2D eigenvalue weighted by Gasteiger charge is 2.40. The number of hydrogen-bond acceptors (Lipinski definition) is 4. The summed E-state index contributed by atoms with van der Waals surface area (Å²) in [6.45, 7) is 0.413. The Morgan fingerprint density at radius 1 is 0.326 bits per heavy atom. The molecule has 0 radical (unpaired) electrons. The van der Waals surface area contributed by atoms with Crippen LogP contribution in [0.1, 0.15) is 33.4 Å². The maximum Gasteiger partial charge on any atom is 0.143 e. The van der Waals surface area contributed by atoms with Crippen LogP contribution in [0.15, 0.2) is 182 Å². The molecule has 230 valence electrons. The van der Waals surface area contributed by atoms with E-state index < -0.39 is 23.3 Å². The SMILES string of the molecule is N[C@H](COC(c1ccccc1)(c1ccccc1)c1ccccc1)[C@H](N)COC(c1ccccc1)(c1ccccc1)c1ccccc1. The topological polar surface area (TPSA) is 70.5 Å². The molecular weight excluding hydrogens is 564 g/mol. The second kappa shape index (κ2) is 14.5. The van der Waals surface area contributed by atoms with E-state index in [2.05, 4.69) is 72.8 Å². The Kier molecular flexibility index (Phi) is 9.82. The van der Waals surface area contributed by atoms with Gasteiger partial charge in [0.15, 0.2) is 0 Å². The molecule has 4 nitrogen and oxygen atoms in total. The fourth-order valence-electron chi connectivity index (χ4n) is 6.23. The lowest BCUT2D eigenvalue weighted by atomic mass is 9.80. The zero-order valence-corrected chi connectivity index (χ0v) is 25.9. The van der Waals surface area contributed by atoms with Gasteiger partial charge >= 0.3 is 0 Å². The summed E-state index contributed by atoms with van der Waals surface area (Å²) < 4.78 is 14.0. The van der Waals surface area contributed by atoms with Gasteiger partial charge in [-0.3, -0.25) is 0 Å². The number of ether oxygens (including phenoxy) is 2. The molecule has 4 N–H and O–H groups in total. The zero-order valence-electron chi connectivity index (χ0n) is 25.9. The largest absolute Gasteiger partial charge is 0.359 e. The maximum absolute atomic E-state index is 7.00. The Balaban J connectivity index is 1.32. The molecule has 0 saturated heterocycles. The summed E-state index contributed by atoms with van der Waals surface area (Å²) in [6, 6.07) is 60.7. The molecule has 6 aromatic carbocycles. The number of benzene rings is 6. The van der Waals surface area contributed by atoms with Crippen molar-refractivity contribution in [1.29, 1.82) is 0 Å². The first-order valence-corrected chi connectivity index (χ1v) is 15.8. The highest BCUT2D eigenvalue weighted by molar-refractivity contribution is 5.49. The van der Waals surface area contributed by atoms with Crippen LogP contribution in [-0.4, -0.2) is 25.3 Å². The normalized spacial score (nSPS) is 13.2. The monoisotopic (exact) mass is 604 g/mol. The van der Waals surface area contributed by atoms with Crippen molar-refractivity contribution in [3.05, 3.63) is 215 Å². The van der Waals surface area contributed by atoms with E-state index in [4.69, 9.17) is 20.9 Å². The van der Waals surface area contributed by atoms with Crippen molar-refractivity contribution >= 4 is 0 Å². The van der Waals surface area contributed by atoms with Gasteiger partial charge in [0.25, 0.3) is 0 Å². The van der Waals surface area contributed by atoms with Crippen LogP contribution in [0.3, 0.4) is 0 Å². The average molecular weight is 605 g/mol. The van der Waals surface area contributed by atoms with Crippen LogP contribution in [0, 0.1) is 0 Å². The van der Waals surface area contributed by atoms with E-state index in [0.717, 1.165) is 33.4 Å². The first-order valence-electron chi connectivity index (χ1n) is 15.8. The maximum atomic E-state index is 7.00. The minimum atomic E-state index is -0.885. The van der Waals surface area contributed by atoms with Crippen molar-refractivity contribution in [3.8, 4) is 0 Å². The Morgan fingerprint density at radius 2 is 0.500 bits per heavy atom. The Bertz CT molecular complexity index is 1420. The van der Waals surface area contributed by atoms with Crippen LogP contribution in [0.25, 0.3) is 0 Å². The van der Waals surface area contributed by atoms with Crippen molar-refractivity contribution in [2.24, 2.45) is 11.5 Å². The molecule has 0 bridgehead atoms. The molecule has 4 heteroatoms. The van der Waals surface area contributed by atoms with Gasteiger partial charge in [-0.2, -0.15) is 0 Å². The lowest BCUT2D eigenvalue weighted by molar-refractivity contribution is -0.0221. The molecule has 2 atom stereocenters. The van der Waals surface area contributed by atoms with Gasteiger partial charge < -0.3 is 20.9 Å². The standard InChI is InChI=1S/C42H40N2O2/c43-39(31-45-41(33-19-7-1-8-20-33,34-21-9-2-10-22-34)35-23-11-3-12-24-35)40(44)32-46-42(36-25-13-4-14-26-36,37-27-15-5-16-28-37)38-29-17-6-18-30-38/h1-30,39-40H,31-32,43-44H2/t39-,40-/m1/s1. The highest BCUT2D eigenvalue weighted by atomic mass is 16.5. The van der Waals surface area contributed by atoms with Crippen LogP contribution in [0.4, 0.5) is 0 Å². The van der Waals surface area contributed by atoms with Crippen LogP contribution >= 0.6 is 0 Å². The Hall–Kier alpha value is -4.84. The van der Waals surface area contributed by atoms with E-state index in [0.29, 0.717) is 0 Å². The van der Waals surface area contributed by atoms with Gasteiger partial charge in [-0.15, -0.1) is 0 Å². The first kappa shape index (κ1) is 31.2. The van der Waals surface area contributed by atoms with Gasteiger partial charge in [0.05, 0.1) is 13.2 Å². The zero-order chi connectivity index (χ0) is 31.7. The van der Waals surface area contributed by atoms with Gasteiger partial charge in [-0.25, -0.2) is 0 Å². The molecule has 6 aromatic rings. The second-order valence-electron chi connectivity index (χ2n) is 11.5. The van der Waals surface area contributed by atoms with Crippen molar-refractivity contribution < 1.29 is 9.47 Å². The molecular formula is C42H40N2O2. The second-order valence-corrected chi connectivity index (χ2v) is 11.5. The van der Waals surface area contributed by atoms with Crippen LogP contribution in [0.2, 0.25) is 0 Å². The minimum absolute atomic E-state index is 0.207. The number of rotatable bonds is 13. The van der Waals surface area contributed by atoms with Gasteiger partial charge in [0, 0.05) is 12.1 Å². The summed E-state index contributed by atoms with van der Waals surface area (Å²) >= 11 is 0. The van der Waals surface area contributed by atoms with Crippen LogP contribution < -0.4 is 11.5 Å². The van der Waals surface area contributed by atoms with Crippen molar-refractivity contribution in [3.63, 3.8) is 0 Å². The third-order valence-electron chi connectivity index (χ3n) is 8.62. The first-order chi connectivity index (χ1) is 22.6. The molecule has 0 unspecified atom stereocenters. The summed E-state index contributed by atoms with van der Waals surface area (Å²) in [5, 5.41) is 0. The summed E-state index contributed by atoms with van der Waals surface area (Å²) in [6.07, 6.45) is 0. The molecule has 0 spiro atoms. The molecule has 0 aliphatic heterocycles. The predicted molar refractivity (Wildman–Crippen MR) is 186 cm³/mol. The van der Waals surface area contributed by atoms with E-state index in [1.54, 1.807) is 0 Å². The van der Waals surface area contributed by atoms with E-state index in [-0.39, 0.29) is 13.2 Å². The third-order valence-corrected chi connectivity index (χ3v) is 8.62. The molecule has 0 fully saturated rings. The average Bonchev–Trinajstić information content (AvgIpc) is 3.14. The number of hydrogen-bond donors (Lipinski definition) is 2. The smallest absolute Gasteiger partial charge is 0.143 e. The molecule has 6 rings (SSSR count). The third kappa shape index (κ3) is 6.30. The summed E-state index contributed by atoms with van der Waals surface area (Å²) in [5.74, 6) is 0. The van der Waals surface area contributed by atoms with Gasteiger partial charge in [0.2, 0.25) is 0 Å². The molecule has 0 aliphatic carbocycles.